The minimum atomic E-state index is -1.82. The fraction of sp³-hybridized carbons (Fsp3) is 0.273. The number of hydrogen-bond acceptors (Lipinski definition) is 4. The van der Waals surface area contributed by atoms with Gasteiger partial charge in [0.25, 0.3) is 11.5 Å². The van der Waals surface area contributed by atoms with E-state index in [1.165, 1.54) is 18.9 Å². The van der Waals surface area contributed by atoms with Gasteiger partial charge >= 0.3 is 0 Å². The van der Waals surface area contributed by atoms with Gasteiger partial charge in [0.2, 0.25) is 0 Å². The van der Waals surface area contributed by atoms with Crippen LogP contribution in [0.1, 0.15) is 29.8 Å². The molecule has 0 saturated heterocycles. The Hall–Kier alpha value is -3.10. The van der Waals surface area contributed by atoms with Crippen molar-refractivity contribution in [1.29, 1.82) is 0 Å². The Bertz CT molecular complexity index is 1190. The van der Waals surface area contributed by atoms with Crippen LogP contribution >= 0.6 is 0 Å². The normalized spacial score (nSPS) is 18.0. The van der Waals surface area contributed by atoms with E-state index in [9.17, 15) is 23.5 Å². The van der Waals surface area contributed by atoms with Gasteiger partial charge in [-0.15, -0.1) is 0 Å². The second-order valence-corrected chi connectivity index (χ2v) is 7.54. The number of fused-ring (bicyclic) bond motifs is 3. The van der Waals surface area contributed by atoms with E-state index < -0.39 is 34.7 Å². The number of aromatic nitrogens is 1. The summed E-state index contributed by atoms with van der Waals surface area (Å²) in [6.07, 6.45) is 0. The Labute approximate surface area is 170 Å². The lowest BCUT2D eigenvalue weighted by Gasteiger charge is -2.37. The van der Waals surface area contributed by atoms with Gasteiger partial charge < -0.3 is 19.7 Å². The molecule has 1 aromatic heterocycles. The standard InChI is InChI=1S/C22H20F2N2O4/c1-22(29,12-6-4-3-5-7-12)21(28)26(2)18-11-30-10-17-19(18)13-8-15(23)16(24)9-14(13)20(27)25-17/h3-9,18,29H,10-11H2,1-2H3,(H,25,27)/t18-,22+/m1/s1. The first kappa shape index (κ1) is 20.2. The summed E-state index contributed by atoms with van der Waals surface area (Å²) in [6, 6.07) is 9.57. The second kappa shape index (κ2) is 7.30. The van der Waals surface area contributed by atoms with Crippen LogP contribution in [0.2, 0.25) is 0 Å². The highest BCUT2D eigenvalue weighted by Gasteiger charge is 2.39. The Balaban J connectivity index is 1.83. The maximum Gasteiger partial charge on any atom is 0.259 e. The van der Waals surface area contributed by atoms with E-state index in [-0.39, 0.29) is 24.0 Å². The summed E-state index contributed by atoms with van der Waals surface area (Å²) in [6.45, 7) is 1.53. The first-order valence-electron chi connectivity index (χ1n) is 9.38. The minimum Gasteiger partial charge on any atom is -0.376 e. The third-order valence-corrected chi connectivity index (χ3v) is 5.58. The van der Waals surface area contributed by atoms with Gasteiger partial charge in [-0.1, -0.05) is 30.3 Å². The van der Waals surface area contributed by atoms with Gasteiger partial charge in [0.15, 0.2) is 17.2 Å². The molecule has 0 aliphatic carbocycles. The Kier molecular flexibility index (Phi) is 4.91. The van der Waals surface area contributed by atoms with E-state index in [1.54, 1.807) is 30.3 Å². The monoisotopic (exact) mass is 414 g/mol. The number of halogens is 2. The molecule has 0 fully saturated rings. The van der Waals surface area contributed by atoms with Crippen molar-refractivity contribution in [3.63, 3.8) is 0 Å². The van der Waals surface area contributed by atoms with Gasteiger partial charge in [0.1, 0.15) is 0 Å². The van der Waals surface area contributed by atoms with Crippen LogP contribution in [0.4, 0.5) is 8.78 Å². The van der Waals surface area contributed by atoms with Crippen LogP contribution < -0.4 is 5.56 Å². The largest absolute Gasteiger partial charge is 0.376 e. The number of carbonyl (C=O) groups is 1. The number of amides is 1. The van der Waals surface area contributed by atoms with Crippen molar-refractivity contribution < 1.29 is 23.4 Å². The Morgan fingerprint density at radius 2 is 1.83 bits per heavy atom. The number of aromatic amines is 1. The van der Waals surface area contributed by atoms with Crippen molar-refractivity contribution in [2.75, 3.05) is 13.7 Å². The molecule has 3 aromatic rings. The van der Waals surface area contributed by atoms with Gasteiger partial charge in [0.05, 0.1) is 24.6 Å². The van der Waals surface area contributed by atoms with E-state index in [0.717, 1.165) is 12.1 Å². The summed E-state index contributed by atoms with van der Waals surface area (Å²) in [4.78, 5) is 29.5. The fourth-order valence-electron chi connectivity index (χ4n) is 3.92. The highest BCUT2D eigenvalue weighted by atomic mass is 19.2. The van der Waals surface area contributed by atoms with Gasteiger partial charge in [-0.25, -0.2) is 8.78 Å². The summed E-state index contributed by atoms with van der Waals surface area (Å²) in [5, 5.41) is 11.1. The van der Waals surface area contributed by atoms with Gasteiger partial charge in [-0.2, -0.15) is 0 Å². The van der Waals surface area contributed by atoms with Crippen LogP contribution in [-0.4, -0.2) is 34.6 Å². The molecule has 1 aliphatic rings. The third kappa shape index (κ3) is 3.18. The maximum atomic E-state index is 14.0. The van der Waals surface area contributed by atoms with Crippen LogP contribution in [0.3, 0.4) is 0 Å². The average Bonchev–Trinajstić information content (AvgIpc) is 2.74. The smallest absolute Gasteiger partial charge is 0.259 e. The summed E-state index contributed by atoms with van der Waals surface area (Å²) in [5.74, 6) is -2.82. The van der Waals surface area contributed by atoms with Gasteiger partial charge in [-0.05, 0) is 30.0 Å². The summed E-state index contributed by atoms with van der Waals surface area (Å²) < 4.78 is 33.3. The minimum absolute atomic E-state index is 0.0183. The van der Waals surface area contributed by atoms with Crippen molar-refractivity contribution in [1.82, 2.24) is 9.88 Å². The molecule has 4 rings (SSSR count). The highest BCUT2D eigenvalue weighted by molar-refractivity contribution is 5.89. The summed E-state index contributed by atoms with van der Waals surface area (Å²) in [7, 11) is 1.50. The zero-order valence-electron chi connectivity index (χ0n) is 16.4. The number of hydrogen-bond donors (Lipinski definition) is 2. The molecular formula is C22H20F2N2O4. The third-order valence-electron chi connectivity index (χ3n) is 5.58. The molecule has 2 heterocycles. The van der Waals surface area contributed by atoms with E-state index in [1.807, 2.05) is 0 Å². The molecule has 30 heavy (non-hydrogen) atoms. The molecule has 156 valence electrons. The lowest BCUT2D eigenvalue weighted by molar-refractivity contribution is -0.153. The average molecular weight is 414 g/mol. The number of nitrogens with zero attached hydrogens (tertiary/aromatic N) is 1. The van der Waals surface area contributed by atoms with E-state index in [0.29, 0.717) is 16.8 Å². The first-order chi connectivity index (χ1) is 14.2. The molecule has 1 amide bonds. The van der Waals surface area contributed by atoms with E-state index in [4.69, 9.17) is 4.74 Å². The van der Waals surface area contributed by atoms with Crippen molar-refractivity contribution in [3.8, 4) is 0 Å². The van der Waals surface area contributed by atoms with Crippen molar-refractivity contribution in [2.45, 2.75) is 25.2 Å². The van der Waals surface area contributed by atoms with Crippen LogP contribution in [0.5, 0.6) is 0 Å². The molecule has 2 aromatic carbocycles. The van der Waals surface area contributed by atoms with E-state index >= 15 is 0 Å². The molecule has 6 nitrogen and oxygen atoms in total. The number of aliphatic hydroxyl groups is 1. The number of carbonyl (C=O) groups excluding carboxylic acids is 1. The molecule has 0 unspecified atom stereocenters. The van der Waals surface area contributed by atoms with Crippen LogP contribution in [-0.2, 0) is 21.7 Å². The number of benzene rings is 2. The predicted octanol–water partition coefficient (Wildman–Crippen LogP) is 2.74. The zero-order chi connectivity index (χ0) is 21.6. The molecule has 2 N–H and O–H groups in total. The molecular weight excluding hydrogens is 394 g/mol. The number of nitrogens with one attached hydrogen (secondary N) is 1. The summed E-state index contributed by atoms with van der Waals surface area (Å²) in [5.41, 5.74) is -1.12. The molecule has 0 spiro atoms. The summed E-state index contributed by atoms with van der Waals surface area (Å²) >= 11 is 0. The SMILES string of the molecule is CN(C(=O)[C@@](C)(O)c1ccccc1)[C@@H]1COCc2[nH]c(=O)c3cc(F)c(F)cc3c21. The molecule has 1 aliphatic heterocycles. The lowest BCUT2D eigenvalue weighted by Crippen LogP contribution is -2.47. The van der Waals surface area contributed by atoms with Crippen molar-refractivity contribution >= 4 is 16.7 Å². The maximum absolute atomic E-state index is 14.0. The van der Waals surface area contributed by atoms with Crippen molar-refractivity contribution in [3.05, 3.63) is 81.3 Å². The lowest BCUT2D eigenvalue weighted by atomic mass is 9.91. The molecule has 2 atom stereocenters. The number of H-pyrrole nitrogens is 1. The number of likely N-dealkylation sites (N-methyl/N-ethyl adjacent to an activating group) is 1. The van der Waals surface area contributed by atoms with Gasteiger partial charge in [-0.3, -0.25) is 9.59 Å². The number of rotatable bonds is 3. The second-order valence-electron chi connectivity index (χ2n) is 7.54. The van der Waals surface area contributed by atoms with Crippen LogP contribution in [0.25, 0.3) is 10.8 Å². The van der Waals surface area contributed by atoms with Gasteiger partial charge in [0, 0.05) is 18.3 Å². The quantitative estimate of drug-likeness (QED) is 0.691. The van der Waals surface area contributed by atoms with Crippen molar-refractivity contribution in [2.24, 2.45) is 0 Å². The molecule has 0 bridgehead atoms. The highest BCUT2D eigenvalue weighted by Crippen LogP contribution is 2.35. The Morgan fingerprint density at radius 3 is 2.50 bits per heavy atom. The fourth-order valence-corrected chi connectivity index (χ4v) is 3.92. The Morgan fingerprint density at radius 1 is 1.20 bits per heavy atom. The van der Waals surface area contributed by atoms with Crippen LogP contribution in [0, 0.1) is 11.6 Å². The van der Waals surface area contributed by atoms with Crippen LogP contribution in [0.15, 0.2) is 47.3 Å². The number of ether oxygens (including phenoxy) is 1. The number of pyridine rings is 1. The van der Waals surface area contributed by atoms with E-state index in [2.05, 4.69) is 4.98 Å². The predicted molar refractivity (Wildman–Crippen MR) is 106 cm³/mol. The molecule has 0 saturated carbocycles. The topological polar surface area (TPSA) is 82.6 Å². The first-order valence-corrected chi connectivity index (χ1v) is 9.38. The molecule has 0 radical (unpaired) electrons. The molecule has 8 heteroatoms. The zero-order valence-corrected chi connectivity index (χ0v) is 16.4.